The first kappa shape index (κ1) is 13.8. The van der Waals surface area contributed by atoms with Gasteiger partial charge in [0.25, 0.3) is 0 Å². The number of carboxylic acids is 1. The van der Waals surface area contributed by atoms with E-state index in [0.717, 1.165) is 11.1 Å². The third kappa shape index (κ3) is 4.24. The number of carboxylic acid groups (broad SMARTS) is 1. The molecular weight excluding hydrogens is 244 g/mol. The minimum Gasteiger partial charge on any atom is -0.491 e. The number of hydrogen-bond acceptors (Lipinski definition) is 3. The van der Waals surface area contributed by atoms with Gasteiger partial charge in [-0.2, -0.15) is 0 Å². The highest BCUT2D eigenvalue weighted by molar-refractivity contribution is 6.32. The number of rotatable bonds is 5. The van der Waals surface area contributed by atoms with E-state index in [2.05, 4.69) is 0 Å². The average molecular weight is 259 g/mol. The Morgan fingerprint density at radius 3 is 2.41 bits per heavy atom. The second kappa shape index (κ2) is 5.89. The number of aliphatic hydroxyl groups excluding tert-OH is 1. The van der Waals surface area contributed by atoms with Crippen LogP contribution in [0, 0.1) is 13.8 Å². The maximum atomic E-state index is 10.3. The highest BCUT2D eigenvalue weighted by Gasteiger charge is 2.11. The van der Waals surface area contributed by atoms with Crippen molar-refractivity contribution in [2.45, 2.75) is 26.4 Å². The Labute approximate surface area is 105 Å². The highest BCUT2D eigenvalue weighted by Crippen LogP contribution is 2.25. The molecule has 0 saturated carbocycles. The molecule has 0 radical (unpaired) electrons. The second-order valence-electron chi connectivity index (χ2n) is 3.93. The fraction of sp³-hybridized carbons (Fsp3) is 0.417. The molecule has 1 rings (SSSR count). The van der Waals surface area contributed by atoms with Crippen LogP contribution in [0.1, 0.15) is 17.5 Å². The summed E-state index contributed by atoms with van der Waals surface area (Å²) in [6, 6.07) is 3.51. The van der Waals surface area contributed by atoms with Gasteiger partial charge in [0, 0.05) is 5.02 Å². The molecule has 0 aromatic heterocycles. The zero-order chi connectivity index (χ0) is 13.0. The lowest BCUT2D eigenvalue weighted by atomic mass is 10.1. The fourth-order valence-electron chi connectivity index (χ4n) is 1.44. The van der Waals surface area contributed by atoms with E-state index in [1.807, 2.05) is 13.8 Å². The van der Waals surface area contributed by atoms with Gasteiger partial charge >= 0.3 is 5.97 Å². The van der Waals surface area contributed by atoms with Crippen molar-refractivity contribution in [2.75, 3.05) is 6.61 Å². The summed E-state index contributed by atoms with van der Waals surface area (Å²) >= 11 is 6.00. The number of benzene rings is 1. The summed E-state index contributed by atoms with van der Waals surface area (Å²) in [6.45, 7) is 3.67. The molecular formula is C12H15ClO4. The van der Waals surface area contributed by atoms with Gasteiger partial charge in [0.2, 0.25) is 0 Å². The van der Waals surface area contributed by atoms with Gasteiger partial charge in [0.05, 0.1) is 12.5 Å². The Hall–Kier alpha value is -1.26. The standard InChI is InChI=1S/C12H15ClO4/c1-7-3-10(4-8(2)12(7)13)17-6-9(14)5-11(15)16/h3-4,9,14H,5-6H2,1-2H3,(H,15,16). The molecule has 2 N–H and O–H groups in total. The van der Waals surface area contributed by atoms with Crippen molar-refractivity contribution in [2.24, 2.45) is 0 Å². The third-order valence-corrected chi connectivity index (χ3v) is 2.86. The van der Waals surface area contributed by atoms with Crippen LogP contribution in [0.4, 0.5) is 0 Å². The number of aryl methyl sites for hydroxylation is 2. The van der Waals surface area contributed by atoms with E-state index in [1.165, 1.54) is 0 Å². The number of ether oxygens (including phenoxy) is 1. The molecule has 0 amide bonds. The van der Waals surface area contributed by atoms with Crippen LogP contribution < -0.4 is 4.74 Å². The summed E-state index contributed by atoms with van der Waals surface area (Å²) in [7, 11) is 0. The molecule has 0 saturated heterocycles. The van der Waals surface area contributed by atoms with Crippen molar-refractivity contribution in [1.29, 1.82) is 0 Å². The summed E-state index contributed by atoms with van der Waals surface area (Å²) in [5, 5.41) is 18.5. The highest BCUT2D eigenvalue weighted by atomic mass is 35.5. The van der Waals surface area contributed by atoms with E-state index in [1.54, 1.807) is 12.1 Å². The van der Waals surface area contributed by atoms with Crippen LogP contribution in [-0.2, 0) is 4.79 Å². The fourth-order valence-corrected chi connectivity index (χ4v) is 1.55. The van der Waals surface area contributed by atoms with Crippen LogP contribution in [0.15, 0.2) is 12.1 Å². The molecule has 94 valence electrons. The van der Waals surface area contributed by atoms with Crippen LogP contribution in [0.5, 0.6) is 5.75 Å². The zero-order valence-corrected chi connectivity index (χ0v) is 10.5. The van der Waals surface area contributed by atoms with E-state index in [4.69, 9.17) is 21.4 Å². The Bertz CT molecular complexity index is 394. The topological polar surface area (TPSA) is 66.8 Å². The van der Waals surface area contributed by atoms with E-state index < -0.39 is 12.1 Å². The molecule has 5 heteroatoms. The van der Waals surface area contributed by atoms with Crippen LogP contribution in [-0.4, -0.2) is 28.9 Å². The third-order valence-electron chi connectivity index (χ3n) is 2.26. The molecule has 1 unspecified atom stereocenters. The summed E-state index contributed by atoms with van der Waals surface area (Å²) in [5.74, 6) is -0.474. The largest absolute Gasteiger partial charge is 0.491 e. The number of aliphatic hydroxyl groups is 1. The maximum absolute atomic E-state index is 10.3. The Kier molecular flexibility index (Phi) is 4.78. The Balaban J connectivity index is 2.61. The summed E-state index contributed by atoms with van der Waals surface area (Å²) in [5.41, 5.74) is 1.77. The number of carbonyl (C=O) groups is 1. The smallest absolute Gasteiger partial charge is 0.306 e. The van der Waals surface area contributed by atoms with Gasteiger partial charge in [-0.05, 0) is 37.1 Å². The van der Waals surface area contributed by atoms with Crippen LogP contribution >= 0.6 is 11.6 Å². The van der Waals surface area contributed by atoms with E-state index in [9.17, 15) is 9.90 Å². The normalized spacial score (nSPS) is 12.2. The maximum Gasteiger partial charge on any atom is 0.306 e. The lowest BCUT2D eigenvalue weighted by Gasteiger charge is -2.12. The predicted octanol–water partition coefficient (Wildman–Crippen LogP) is 2.17. The van der Waals surface area contributed by atoms with Gasteiger partial charge in [-0.3, -0.25) is 4.79 Å². The number of hydrogen-bond donors (Lipinski definition) is 2. The molecule has 0 heterocycles. The van der Waals surface area contributed by atoms with E-state index >= 15 is 0 Å². The quantitative estimate of drug-likeness (QED) is 0.849. The zero-order valence-electron chi connectivity index (χ0n) is 9.74. The van der Waals surface area contributed by atoms with Gasteiger partial charge in [-0.25, -0.2) is 0 Å². The minimum absolute atomic E-state index is 0.0488. The summed E-state index contributed by atoms with van der Waals surface area (Å²) in [6.07, 6.45) is -1.34. The van der Waals surface area contributed by atoms with Crippen molar-refractivity contribution >= 4 is 17.6 Å². The predicted molar refractivity (Wildman–Crippen MR) is 64.7 cm³/mol. The molecule has 0 aliphatic carbocycles. The summed E-state index contributed by atoms with van der Waals surface area (Å²) in [4.78, 5) is 10.3. The van der Waals surface area contributed by atoms with Crippen molar-refractivity contribution < 1.29 is 19.7 Å². The lowest BCUT2D eigenvalue weighted by Crippen LogP contribution is -2.21. The molecule has 0 aliphatic heterocycles. The molecule has 0 spiro atoms. The van der Waals surface area contributed by atoms with Gasteiger partial charge in [-0.1, -0.05) is 11.6 Å². The van der Waals surface area contributed by atoms with Crippen molar-refractivity contribution in [1.82, 2.24) is 0 Å². The number of halogens is 1. The monoisotopic (exact) mass is 258 g/mol. The molecule has 1 aromatic rings. The van der Waals surface area contributed by atoms with Gasteiger partial charge in [-0.15, -0.1) is 0 Å². The number of aliphatic carboxylic acids is 1. The first-order valence-corrected chi connectivity index (χ1v) is 5.57. The van der Waals surface area contributed by atoms with Crippen molar-refractivity contribution in [3.63, 3.8) is 0 Å². The SMILES string of the molecule is Cc1cc(OCC(O)CC(=O)O)cc(C)c1Cl. The first-order valence-electron chi connectivity index (χ1n) is 5.19. The van der Waals surface area contributed by atoms with Crippen molar-refractivity contribution in [3.05, 3.63) is 28.3 Å². The molecule has 4 nitrogen and oxygen atoms in total. The van der Waals surface area contributed by atoms with E-state index in [-0.39, 0.29) is 13.0 Å². The first-order chi connectivity index (χ1) is 7.90. The Morgan fingerprint density at radius 1 is 1.41 bits per heavy atom. The second-order valence-corrected chi connectivity index (χ2v) is 4.31. The minimum atomic E-state index is -1.05. The summed E-state index contributed by atoms with van der Waals surface area (Å²) < 4.78 is 5.31. The van der Waals surface area contributed by atoms with Crippen LogP contribution in [0.25, 0.3) is 0 Å². The molecule has 0 fully saturated rings. The van der Waals surface area contributed by atoms with Crippen LogP contribution in [0.3, 0.4) is 0 Å². The van der Waals surface area contributed by atoms with E-state index in [0.29, 0.717) is 10.8 Å². The molecule has 1 aromatic carbocycles. The average Bonchev–Trinajstić information content (AvgIpc) is 2.22. The molecule has 0 bridgehead atoms. The van der Waals surface area contributed by atoms with Gasteiger partial charge in [0.1, 0.15) is 12.4 Å². The molecule has 0 aliphatic rings. The van der Waals surface area contributed by atoms with Crippen molar-refractivity contribution in [3.8, 4) is 5.75 Å². The molecule has 1 atom stereocenters. The van der Waals surface area contributed by atoms with Gasteiger partial charge in [0.15, 0.2) is 0 Å². The van der Waals surface area contributed by atoms with Gasteiger partial charge < -0.3 is 14.9 Å². The molecule has 17 heavy (non-hydrogen) atoms. The van der Waals surface area contributed by atoms with Crippen LogP contribution in [0.2, 0.25) is 5.02 Å². The Morgan fingerprint density at radius 2 is 1.94 bits per heavy atom. The lowest BCUT2D eigenvalue weighted by molar-refractivity contribution is -0.139.